The van der Waals surface area contributed by atoms with Crippen LogP contribution in [0.5, 0.6) is 0 Å². The van der Waals surface area contributed by atoms with E-state index in [1.807, 2.05) is 35.8 Å². The van der Waals surface area contributed by atoms with Gasteiger partial charge in [0.05, 0.1) is 18.8 Å². The van der Waals surface area contributed by atoms with Crippen LogP contribution in [-0.2, 0) is 20.1 Å². The maximum atomic E-state index is 4.70. The first kappa shape index (κ1) is 18.6. The van der Waals surface area contributed by atoms with Gasteiger partial charge >= 0.3 is 0 Å². The van der Waals surface area contributed by atoms with Crippen LogP contribution < -0.4 is 15.5 Å². The molecular weight excluding hydrogens is 344 g/mol. The number of aromatic nitrogens is 2. The van der Waals surface area contributed by atoms with E-state index < -0.39 is 0 Å². The monoisotopic (exact) mass is 372 g/mol. The number of hydrogen-bond donors (Lipinski definition) is 2. The van der Waals surface area contributed by atoms with E-state index in [0.717, 1.165) is 31.3 Å². The van der Waals surface area contributed by atoms with Gasteiger partial charge in [0.25, 0.3) is 0 Å². The number of benzene rings is 1. The lowest BCUT2D eigenvalue weighted by Crippen LogP contribution is -2.37. The Morgan fingerprint density at radius 3 is 2.58 bits per heavy atom. The quantitative estimate of drug-likeness (QED) is 0.602. The van der Waals surface area contributed by atoms with Gasteiger partial charge < -0.3 is 15.5 Å². The average molecular weight is 373 g/mol. The molecule has 0 spiro atoms. The molecule has 1 aliphatic rings. The highest BCUT2D eigenvalue weighted by Gasteiger charge is 2.10. The normalized spacial score (nSPS) is 15.2. The van der Waals surface area contributed by atoms with Crippen LogP contribution in [0.25, 0.3) is 0 Å². The second-order valence-electron chi connectivity index (χ2n) is 6.26. The van der Waals surface area contributed by atoms with Crippen LogP contribution in [-0.4, -0.2) is 46.9 Å². The molecule has 2 heterocycles. The summed E-state index contributed by atoms with van der Waals surface area (Å²) in [7, 11) is 1.95. The van der Waals surface area contributed by atoms with Crippen LogP contribution in [0.2, 0.25) is 0 Å². The molecule has 0 aliphatic carbocycles. The number of hydrogen-bond acceptors (Lipinski definition) is 4. The Hall–Kier alpha value is -2.15. The summed E-state index contributed by atoms with van der Waals surface area (Å²) in [6, 6.07) is 10.8. The van der Waals surface area contributed by atoms with Crippen molar-refractivity contribution in [2.24, 2.45) is 12.0 Å². The zero-order valence-electron chi connectivity index (χ0n) is 15.6. The first-order valence-electron chi connectivity index (χ1n) is 9.17. The molecule has 2 aromatic rings. The van der Waals surface area contributed by atoms with E-state index in [-0.39, 0.29) is 0 Å². The summed E-state index contributed by atoms with van der Waals surface area (Å²) in [5, 5.41) is 10.9. The first-order valence-corrected chi connectivity index (χ1v) is 10.3. The Morgan fingerprint density at radius 1 is 1.15 bits per heavy atom. The SMILES string of the molecule is CCNC(=NCc1ccc(N2CCSCC2)cc1)NCc1ccnn1C. The van der Waals surface area contributed by atoms with E-state index in [4.69, 9.17) is 4.99 Å². The van der Waals surface area contributed by atoms with E-state index in [2.05, 4.69) is 51.8 Å². The largest absolute Gasteiger partial charge is 0.370 e. The van der Waals surface area contributed by atoms with Gasteiger partial charge in [0, 0.05) is 50.1 Å². The molecule has 0 atom stereocenters. The molecule has 1 aliphatic heterocycles. The van der Waals surface area contributed by atoms with Crippen molar-refractivity contribution in [1.82, 2.24) is 20.4 Å². The second-order valence-corrected chi connectivity index (χ2v) is 7.49. The lowest BCUT2D eigenvalue weighted by atomic mass is 10.2. The predicted molar refractivity (Wildman–Crippen MR) is 111 cm³/mol. The molecule has 0 unspecified atom stereocenters. The highest BCUT2D eigenvalue weighted by molar-refractivity contribution is 7.99. The van der Waals surface area contributed by atoms with Gasteiger partial charge in [-0.25, -0.2) is 4.99 Å². The molecule has 0 amide bonds. The molecule has 1 aromatic carbocycles. The summed E-state index contributed by atoms with van der Waals surface area (Å²) in [5.74, 6) is 3.27. The Bertz CT molecular complexity index is 703. The van der Waals surface area contributed by atoms with Gasteiger partial charge in [-0.1, -0.05) is 12.1 Å². The standard InChI is InChI=1S/C19H28N6S/c1-3-20-19(22-15-18-8-9-23-24(18)2)21-14-16-4-6-17(7-5-16)25-10-12-26-13-11-25/h4-9H,3,10-15H2,1-2H3,(H2,20,21,22). The summed E-state index contributed by atoms with van der Waals surface area (Å²) in [6.45, 7) is 6.57. The zero-order valence-corrected chi connectivity index (χ0v) is 16.4. The van der Waals surface area contributed by atoms with Gasteiger partial charge in [0.15, 0.2) is 5.96 Å². The number of thioether (sulfide) groups is 1. The smallest absolute Gasteiger partial charge is 0.191 e. The maximum Gasteiger partial charge on any atom is 0.191 e. The molecule has 26 heavy (non-hydrogen) atoms. The minimum Gasteiger partial charge on any atom is -0.370 e. The van der Waals surface area contributed by atoms with Crippen molar-refractivity contribution in [1.29, 1.82) is 0 Å². The molecular formula is C19H28N6S. The molecule has 0 bridgehead atoms. The fourth-order valence-electron chi connectivity index (χ4n) is 2.89. The van der Waals surface area contributed by atoms with Crippen molar-refractivity contribution in [3.8, 4) is 0 Å². The van der Waals surface area contributed by atoms with Crippen molar-refractivity contribution in [3.05, 3.63) is 47.8 Å². The third-order valence-corrected chi connectivity index (χ3v) is 5.38. The number of nitrogens with one attached hydrogen (secondary N) is 2. The van der Waals surface area contributed by atoms with Crippen molar-refractivity contribution < 1.29 is 0 Å². The highest BCUT2D eigenvalue weighted by Crippen LogP contribution is 2.20. The fourth-order valence-corrected chi connectivity index (χ4v) is 3.80. The first-order chi connectivity index (χ1) is 12.8. The molecule has 1 saturated heterocycles. The summed E-state index contributed by atoms with van der Waals surface area (Å²) in [5.41, 5.74) is 3.66. The third kappa shape index (κ3) is 5.17. The minimum absolute atomic E-state index is 0.664. The van der Waals surface area contributed by atoms with E-state index in [0.29, 0.717) is 13.1 Å². The number of guanidine groups is 1. The summed E-state index contributed by atoms with van der Waals surface area (Å²) in [4.78, 5) is 7.16. The summed E-state index contributed by atoms with van der Waals surface area (Å²) in [6.07, 6.45) is 1.81. The summed E-state index contributed by atoms with van der Waals surface area (Å²) < 4.78 is 1.87. The van der Waals surface area contributed by atoms with Crippen LogP contribution in [0.1, 0.15) is 18.2 Å². The topological polar surface area (TPSA) is 57.5 Å². The van der Waals surface area contributed by atoms with Crippen LogP contribution in [0.15, 0.2) is 41.5 Å². The van der Waals surface area contributed by atoms with Crippen molar-refractivity contribution >= 4 is 23.4 Å². The summed E-state index contributed by atoms with van der Waals surface area (Å²) >= 11 is 2.04. The van der Waals surface area contributed by atoms with Gasteiger partial charge in [-0.3, -0.25) is 4.68 Å². The molecule has 3 rings (SSSR count). The van der Waals surface area contributed by atoms with E-state index in [1.165, 1.54) is 22.8 Å². The van der Waals surface area contributed by atoms with Crippen molar-refractivity contribution in [2.45, 2.75) is 20.0 Å². The number of anilines is 1. The Kier molecular flexibility index (Phi) is 6.82. The van der Waals surface area contributed by atoms with Gasteiger partial charge in [-0.2, -0.15) is 16.9 Å². The molecule has 0 radical (unpaired) electrons. The minimum atomic E-state index is 0.664. The highest BCUT2D eigenvalue weighted by atomic mass is 32.2. The van der Waals surface area contributed by atoms with E-state index in [1.54, 1.807) is 0 Å². The van der Waals surface area contributed by atoms with Gasteiger partial charge in [0.2, 0.25) is 0 Å². The predicted octanol–water partition coefficient (Wildman–Crippen LogP) is 2.23. The number of nitrogens with zero attached hydrogens (tertiary/aromatic N) is 4. The lowest BCUT2D eigenvalue weighted by Gasteiger charge is -2.28. The molecule has 7 heteroatoms. The van der Waals surface area contributed by atoms with Crippen LogP contribution in [0.4, 0.5) is 5.69 Å². The number of aliphatic imine (C=N–C) groups is 1. The Morgan fingerprint density at radius 2 is 1.92 bits per heavy atom. The molecule has 140 valence electrons. The Labute approximate surface area is 160 Å². The van der Waals surface area contributed by atoms with Crippen LogP contribution in [0, 0.1) is 0 Å². The molecule has 6 nitrogen and oxygen atoms in total. The van der Waals surface area contributed by atoms with Crippen LogP contribution in [0.3, 0.4) is 0 Å². The van der Waals surface area contributed by atoms with Crippen LogP contribution >= 0.6 is 11.8 Å². The van der Waals surface area contributed by atoms with E-state index >= 15 is 0 Å². The number of rotatable bonds is 6. The number of aryl methyl sites for hydroxylation is 1. The van der Waals surface area contributed by atoms with Crippen molar-refractivity contribution in [3.63, 3.8) is 0 Å². The van der Waals surface area contributed by atoms with Crippen molar-refractivity contribution in [2.75, 3.05) is 36.0 Å². The third-order valence-electron chi connectivity index (χ3n) is 4.44. The average Bonchev–Trinajstić information content (AvgIpc) is 3.10. The Balaban J connectivity index is 1.57. The molecule has 1 fully saturated rings. The molecule has 0 saturated carbocycles. The lowest BCUT2D eigenvalue weighted by molar-refractivity contribution is 0.685. The fraction of sp³-hybridized carbons (Fsp3) is 0.474. The zero-order chi connectivity index (χ0) is 18.2. The molecule has 2 N–H and O–H groups in total. The second kappa shape index (κ2) is 9.52. The van der Waals surface area contributed by atoms with Gasteiger partial charge in [-0.15, -0.1) is 0 Å². The maximum absolute atomic E-state index is 4.70. The molecule has 1 aromatic heterocycles. The van der Waals surface area contributed by atoms with Gasteiger partial charge in [0.1, 0.15) is 0 Å². The van der Waals surface area contributed by atoms with Gasteiger partial charge in [-0.05, 0) is 30.7 Å². The van der Waals surface area contributed by atoms with E-state index in [9.17, 15) is 0 Å².